The maximum Gasteiger partial charge on any atom is 0.203 e. The molecule has 8 heteroatoms. The summed E-state index contributed by atoms with van der Waals surface area (Å²) in [4.78, 5) is 8.32. The summed E-state index contributed by atoms with van der Waals surface area (Å²) in [6, 6.07) is 11.8. The van der Waals surface area contributed by atoms with Gasteiger partial charge in [0.1, 0.15) is 5.75 Å². The Kier molecular flexibility index (Phi) is 9.42. The molecule has 0 saturated heterocycles. The molecule has 184 valence electrons. The minimum absolute atomic E-state index is 0.584. The highest BCUT2D eigenvalue weighted by Gasteiger charge is 2.17. The zero-order valence-electron chi connectivity index (χ0n) is 21.0. The van der Waals surface area contributed by atoms with Crippen LogP contribution in [0.5, 0.6) is 23.0 Å². The van der Waals surface area contributed by atoms with Crippen LogP contribution in [0.3, 0.4) is 0 Å². The first-order valence-electron chi connectivity index (χ1n) is 11.5. The summed E-state index contributed by atoms with van der Waals surface area (Å²) in [6.45, 7) is 8.38. The largest absolute Gasteiger partial charge is 0.497 e. The molecule has 0 aliphatic heterocycles. The van der Waals surface area contributed by atoms with Crippen LogP contribution in [0.15, 0.2) is 46.8 Å². The van der Waals surface area contributed by atoms with Gasteiger partial charge in [-0.15, -0.1) is 11.3 Å². The standard InChI is InChI=1S/C26H35N3O4S/c1-7-28(8-2)14-9-15-29-22(19-16-23(31-4)25(33-6)24(17-19)32-5)18-34-26(29)27-20-10-12-21(30-3)13-11-20/h10-13,16-18H,7-9,14-15H2,1-6H3. The molecule has 0 atom stereocenters. The van der Waals surface area contributed by atoms with Gasteiger partial charge in [-0.2, -0.15) is 0 Å². The third-order valence-corrected chi connectivity index (χ3v) is 6.67. The van der Waals surface area contributed by atoms with Gasteiger partial charge in [0, 0.05) is 17.5 Å². The first-order chi connectivity index (χ1) is 16.6. The van der Waals surface area contributed by atoms with Gasteiger partial charge in [-0.1, -0.05) is 13.8 Å². The highest BCUT2D eigenvalue weighted by atomic mass is 32.1. The predicted molar refractivity (Wildman–Crippen MR) is 138 cm³/mol. The summed E-state index contributed by atoms with van der Waals surface area (Å²) in [6.07, 6.45) is 1.02. The van der Waals surface area contributed by atoms with E-state index >= 15 is 0 Å². The van der Waals surface area contributed by atoms with Gasteiger partial charge in [0.2, 0.25) is 5.75 Å². The number of thiazole rings is 1. The summed E-state index contributed by atoms with van der Waals surface area (Å²) in [7, 11) is 6.55. The van der Waals surface area contributed by atoms with Gasteiger partial charge in [0.05, 0.1) is 39.8 Å². The summed E-state index contributed by atoms with van der Waals surface area (Å²) in [5, 5.41) is 2.14. The minimum atomic E-state index is 0.584. The molecule has 0 N–H and O–H groups in total. The second kappa shape index (κ2) is 12.5. The van der Waals surface area contributed by atoms with Gasteiger partial charge in [-0.05, 0) is 62.5 Å². The molecule has 0 unspecified atom stereocenters. The van der Waals surface area contributed by atoms with Crippen molar-refractivity contribution in [2.45, 2.75) is 26.8 Å². The molecule has 7 nitrogen and oxygen atoms in total. The Hall–Kier alpha value is -2.97. The third kappa shape index (κ3) is 5.93. The van der Waals surface area contributed by atoms with Crippen LogP contribution >= 0.6 is 11.3 Å². The van der Waals surface area contributed by atoms with Crippen molar-refractivity contribution in [3.63, 3.8) is 0 Å². The van der Waals surface area contributed by atoms with Gasteiger partial charge >= 0.3 is 0 Å². The van der Waals surface area contributed by atoms with Crippen molar-refractivity contribution in [3.05, 3.63) is 46.6 Å². The second-order valence-corrected chi connectivity index (χ2v) is 8.50. The minimum Gasteiger partial charge on any atom is -0.497 e. The van der Waals surface area contributed by atoms with Crippen LogP contribution in [0, 0.1) is 0 Å². The maximum atomic E-state index is 5.59. The second-order valence-electron chi connectivity index (χ2n) is 7.66. The molecule has 0 saturated carbocycles. The molecule has 1 aromatic heterocycles. The van der Waals surface area contributed by atoms with E-state index in [1.807, 2.05) is 36.4 Å². The van der Waals surface area contributed by atoms with E-state index in [1.165, 1.54) is 0 Å². The monoisotopic (exact) mass is 485 g/mol. The van der Waals surface area contributed by atoms with Crippen molar-refractivity contribution in [2.24, 2.45) is 4.99 Å². The van der Waals surface area contributed by atoms with Crippen LogP contribution in [-0.2, 0) is 6.54 Å². The molecular formula is C26H35N3O4S. The van der Waals surface area contributed by atoms with Gasteiger partial charge in [0.25, 0.3) is 0 Å². The van der Waals surface area contributed by atoms with Crippen LogP contribution in [0.4, 0.5) is 5.69 Å². The van der Waals surface area contributed by atoms with Crippen molar-refractivity contribution in [1.29, 1.82) is 0 Å². The summed E-state index contributed by atoms with van der Waals surface area (Å²) in [5.74, 6) is 2.66. The van der Waals surface area contributed by atoms with Gasteiger partial charge in [-0.3, -0.25) is 0 Å². The molecular weight excluding hydrogens is 450 g/mol. The first-order valence-corrected chi connectivity index (χ1v) is 12.4. The van der Waals surface area contributed by atoms with E-state index < -0.39 is 0 Å². The van der Waals surface area contributed by atoms with E-state index in [0.717, 1.165) is 60.1 Å². The van der Waals surface area contributed by atoms with Crippen molar-refractivity contribution < 1.29 is 18.9 Å². The van der Waals surface area contributed by atoms with Gasteiger partial charge < -0.3 is 28.4 Å². The van der Waals surface area contributed by atoms with Crippen LogP contribution in [0.1, 0.15) is 20.3 Å². The third-order valence-electron chi connectivity index (χ3n) is 5.81. The van der Waals surface area contributed by atoms with Gasteiger partial charge in [0.15, 0.2) is 16.3 Å². The zero-order chi connectivity index (χ0) is 24.5. The number of rotatable bonds is 12. The summed E-state index contributed by atoms with van der Waals surface area (Å²) >= 11 is 1.62. The fourth-order valence-electron chi connectivity index (χ4n) is 3.85. The molecule has 0 radical (unpaired) electrons. The normalized spacial score (nSPS) is 11.7. The smallest absolute Gasteiger partial charge is 0.203 e. The average Bonchev–Trinajstić information content (AvgIpc) is 3.28. The fourth-order valence-corrected chi connectivity index (χ4v) is 4.81. The first kappa shape index (κ1) is 25.6. The van der Waals surface area contributed by atoms with E-state index in [-0.39, 0.29) is 0 Å². The van der Waals surface area contributed by atoms with Crippen molar-refractivity contribution in [2.75, 3.05) is 48.1 Å². The lowest BCUT2D eigenvalue weighted by atomic mass is 10.1. The number of methoxy groups -OCH3 is 4. The van der Waals surface area contributed by atoms with Crippen LogP contribution < -0.4 is 23.7 Å². The zero-order valence-corrected chi connectivity index (χ0v) is 21.8. The molecule has 0 fully saturated rings. The molecule has 0 bridgehead atoms. The predicted octanol–water partition coefficient (Wildman–Crippen LogP) is 5.22. The lowest BCUT2D eigenvalue weighted by Crippen LogP contribution is -2.26. The number of ether oxygens (including phenoxy) is 4. The molecule has 2 aromatic carbocycles. The topological polar surface area (TPSA) is 57.5 Å². The molecule has 0 aliphatic rings. The Morgan fingerprint density at radius 2 is 1.53 bits per heavy atom. The number of nitrogens with zero attached hydrogens (tertiary/aromatic N) is 3. The number of aromatic nitrogens is 1. The van der Waals surface area contributed by atoms with Crippen molar-refractivity contribution in [3.8, 4) is 34.3 Å². The summed E-state index contributed by atoms with van der Waals surface area (Å²) < 4.78 is 24.3. The van der Waals surface area contributed by atoms with E-state index in [9.17, 15) is 0 Å². The van der Waals surface area contributed by atoms with E-state index in [1.54, 1.807) is 39.8 Å². The molecule has 0 amide bonds. The molecule has 3 aromatic rings. The van der Waals surface area contributed by atoms with Crippen LogP contribution in [0.2, 0.25) is 0 Å². The Morgan fingerprint density at radius 3 is 2.06 bits per heavy atom. The highest BCUT2D eigenvalue weighted by molar-refractivity contribution is 7.07. The van der Waals surface area contributed by atoms with Crippen molar-refractivity contribution in [1.82, 2.24) is 9.47 Å². The Morgan fingerprint density at radius 1 is 0.882 bits per heavy atom. The van der Waals surface area contributed by atoms with E-state index in [0.29, 0.717) is 17.2 Å². The quantitative estimate of drug-likeness (QED) is 0.352. The average molecular weight is 486 g/mol. The summed E-state index contributed by atoms with van der Waals surface area (Å²) in [5.41, 5.74) is 2.94. The van der Waals surface area contributed by atoms with Crippen molar-refractivity contribution >= 4 is 17.0 Å². The SMILES string of the molecule is CCN(CC)CCCn1c(-c2cc(OC)c(OC)c(OC)c2)csc1=Nc1ccc(OC)cc1. The van der Waals surface area contributed by atoms with Gasteiger partial charge in [-0.25, -0.2) is 4.99 Å². The molecule has 34 heavy (non-hydrogen) atoms. The molecule has 0 aliphatic carbocycles. The molecule has 1 heterocycles. The van der Waals surface area contributed by atoms with E-state index in [2.05, 4.69) is 28.7 Å². The number of hydrogen-bond donors (Lipinski definition) is 0. The number of hydrogen-bond acceptors (Lipinski definition) is 7. The van der Waals surface area contributed by atoms with Crippen LogP contribution in [0.25, 0.3) is 11.3 Å². The molecule has 0 spiro atoms. The lowest BCUT2D eigenvalue weighted by Gasteiger charge is -2.19. The fraction of sp³-hybridized carbons (Fsp3) is 0.423. The maximum absolute atomic E-state index is 5.59. The molecule has 3 rings (SSSR count). The van der Waals surface area contributed by atoms with Crippen LogP contribution in [-0.4, -0.2) is 57.5 Å². The highest BCUT2D eigenvalue weighted by Crippen LogP contribution is 2.41. The van der Waals surface area contributed by atoms with E-state index in [4.69, 9.17) is 23.9 Å². The Bertz CT molecular complexity index is 1090. The Balaban J connectivity index is 2.07. The Labute approximate surface area is 206 Å². The number of benzene rings is 2. The lowest BCUT2D eigenvalue weighted by molar-refractivity contribution is 0.293.